The second-order valence-corrected chi connectivity index (χ2v) is 7.83. The van der Waals surface area contributed by atoms with Crippen molar-refractivity contribution in [3.8, 4) is 11.5 Å². The van der Waals surface area contributed by atoms with Crippen LogP contribution in [0.2, 0.25) is 0 Å². The Balaban J connectivity index is 1.78. The molecule has 27 heavy (non-hydrogen) atoms. The largest absolute Gasteiger partial charge is 0.493 e. The van der Waals surface area contributed by atoms with Crippen molar-refractivity contribution in [2.75, 3.05) is 38.8 Å². The van der Waals surface area contributed by atoms with Crippen LogP contribution in [-0.2, 0) is 14.3 Å². The Bertz CT molecular complexity index is 733. The average Bonchev–Trinajstić information content (AvgIpc) is 3.04. The molecule has 0 aliphatic carbocycles. The van der Waals surface area contributed by atoms with Gasteiger partial charge in [0.1, 0.15) is 0 Å². The van der Waals surface area contributed by atoms with Gasteiger partial charge in [-0.05, 0) is 32.9 Å². The predicted octanol–water partition coefficient (Wildman–Crippen LogP) is 2.08. The summed E-state index contributed by atoms with van der Waals surface area (Å²) in [5, 5.41) is 0. The van der Waals surface area contributed by atoms with Gasteiger partial charge in [0.15, 0.2) is 11.5 Å². The van der Waals surface area contributed by atoms with Gasteiger partial charge in [0, 0.05) is 31.3 Å². The minimum Gasteiger partial charge on any atom is -0.493 e. The van der Waals surface area contributed by atoms with E-state index in [0.717, 1.165) is 0 Å². The van der Waals surface area contributed by atoms with Crippen molar-refractivity contribution in [3.05, 3.63) is 18.2 Å². The third kappa shape index (κ3) is 3.74. The fourth-order valence-electron chi connectivity index (χ4n) is 3.71. The van der Waals surface area contributed by atoms with Gasteiger partial charge in [0.25, 0.3) is 0 Å². The van der Waals surface area contributed by atoms with Gasteiger partial charge in [-0.2, -0.15) is 0 Å². The van der Waals surface area contributed by atoms with Gasteiger partial charge in [0.2, 0.25) is 11.8 Å². The maximum Gasteiger partial charge on any atom is 0.228 e. The van der Waals surface area contributed by atoms with E-state index in [1.54, 1.807) is 31.3 Å². The second kappa shape index (κ2) is 7.38. The van der Waals surface area contributed by atoms with Crippen LogP contribution in [0.15, 0.2) is 18.2 Å². The Kier molecular flexibility index (Phi) is 5.33. The summed E-state index contributed by atoms with van der Waals surface area (Å²) in [7, 11) is 3.12. The van der Waals surface area contributed by atoms with Crippen LogP contribution in [0.3, 0.4) is 0 Å². The fraction of sp³-hybridized carbons (Fsp3) is 0.600. The molecule has 2 aliphatic rings. The molecule has 2 aliphatic heterocycles. The van der Waals surface area contributed by atoms with E-state index < -0.39 is 0 Å². The lowest BCUT2D eigenvalue weighted by atomic mass is 9.97. The number of morpholine rings is 1. The van der Waals surface area contributed by atoms with E-state index in [0.29, 0.717) is 36.9 Å². The van der Waals surface area contributed by atoms with Gasteiger partial charge < -0.3 is 24.0 Å². The first-order valence-corrected chi connectivity index (χ1v) is 9.22. The Hall–Kier alpha value is -2.28. The summed E-state index contributed by atoms with van der Waals surface area (Å²) < 4.78 is 16.3. The number of methoxy groups -OCH3 is 2. The smallest absolute Gasteiger partial charge is 0.228 e. The molecule has 2 heterocycles. The molecule has 2 saturated heterocycles. The highest BCUT2D eigenvalue weighted by atomic mass is 16.5. The summed E-state index contributed by atoms with van der Waals surface area (Å²) in [4.78, 5) is 29.3. The van der Waals surface area contributed by atoms with Crippen LogP contribution >= 0.6 is 0 Å². The highest BCUT2D eigenvalue weighted by Gasteiger charge is 2.43. The molecule has 2 unspecified atom stereocenters. The third-order valence-corrected chi connectivity index (χ3v) is 5.31. The normalized spacial score (nSPS) is 24.9. The van der Waals surface area contributed by atoms with Crippen LogP contribution in [0.4, 0.5) is 5.69 Å². The number of ether oxygens (including phenoxy) is 3. The second-order valence-electron chi connectivity index (χ2n) is 7.83. The topological polar surface area (TPSA) is 68.3 Å². The van der Waals surface area contributed by atoms with Crippen molar-refractivity contribution >= 4 is 17.5 Å². The van der Waals surface area contributed by atoms with Crippen LogP contribution in [0.5, 0.6) is 11.5 Å². The quantitative estimate of drug-likeness (QED) is 0.805. The zero-order valence-electron chi connectivity index (χ0n) is 16.7. The van der Waals surface area contributed by atoms with Gasteiger partial charge in [-0.25, -0.2) is 0 Å². The number of benzene rings is 1. The van der Waals surface area contributed by atoms with Crippen LogP contribution in [0.1, 0.15) is 27.2 Å². The minimum absolute atomic E-state index is 0.000956. The fourth-order valence-corrected chi connectivity index (χ4v) is 3.71. The highest BCUT2D eigenvalue weighted by molar-refractivity contribution is 6.00. The third-order valence-electron chi connectivity index (χ3n) is 5.31. The number of nitrogens with zero attached hydrogens (tertiary/aromatic N) is 2. The summed E-state index contributed by atoms with van der Waals surface area (Å²) in [6.07, 6.45) is 0.218. The zero-order chi connectivity index (χ0) is 19.8. The van der Waals surface area contributed by atoms with Crippen LogP contribution in [0.25, 0.3) is 0 Å². The molecule has 1 aromatic carbocycles. The van der Waals surface area contributed by atoms with Crippen LogP contribution in [-0.4, -0.2) is 62.3 Å². The standard InChI is InChI=1S/C20H28N2O5/c1-13-10-22(20(2,3)12-27-13)19(24)14-8-18(23)21(11-14)15-6-7-16(25-4)17(9-15)26-5/h6-7,9,13-14H,8,10-12H2,1-5H3. The summed E-state index contributed by atoms with van der Waals surface area (Å²) in [6.45, 7) is 7.38. The maximum atomic E-state index is 13.2. The summed E-state index contributed by atoms with van der Waals surface area (Å²) in [6, 6.07) is 5.35. The number of amides is 2. The van der Waals surface area contributed by atoms with E-state index in [2.05, 4.69) is 0 Å². The monoisotopic (exact) mass is 376 g/mol. The molecular formula is C20H28N2O5. The minimum atomic E-state index is -0.372. The zero-order valence-corrected chi connectivity index (χ0v) is 16.7. The Morgan fingerprint density at radius 1 is 1.19 bits per heavy atom. The molecule has 148 valence electrons. The van der Waals surface area contributed by atoms with Crippen molar-refractivity contribution in [3.63, 3.8) is 0 Å². The van der Waals surface area contributed by atoms with Crippen molar-refractivity contribution in [2.45, 2.75) is 38.8 Å². The number of hydrogen-bond donors (Lipinski definition) is 0. The van der Waals surface area contributed by atoms with E-state index >= 15 is 0 Å². The first-order chi connectivity index (χ1) is 12.8. The summed E-state index contributed by atoms with van der Waals surface area (Å²) in [5.41, 5.74) is 0.339. The van der Waals surface area contributed by atoms with E-state index in [-0.39, 0.29) is 35.8 Å². The average molecular weight is 376 g/mol. The van der Waals surface area contributed by atoms with Gasteiger partial charge in [-0.1, -0.05) is 0 Å². The molecule has 2 fully saturated rings. The lowest BCUT2D eigenvalue weighted by molar-refractivity contribution is -0.156. The van der Waals surface area contributed by atoms with Crippen molar-refractivity contribution in [2.24, 2.45) is 5.92 Å². The molecule has 0 spiro atoms. The molecule has 0 bridgehead atoms. The van der Waals surface area contributed by atoms with Gasteiger partial charge >= 0.3 is 0 Å². The van der Waals surface area contributed by atoms with Crippen molar-refractivity contribution < 1.29 is 23.8 Å². The first-order valence-electron chi connectivity index (χ1n) is 9.22. The Labute approximate surface area is 160 Å². The number of carbonyl (C=O) groups is 2. The summed E-state index contributed by atoms with van der Waals surface area (Å²) >= 11 is 0. The van der Waals surface area contributed by atoms with E-state index in [4.69, 9.17) is 14.2 Å². The van der Waals surface area contributed by atoms with Gasteiger partial charge in [0.05, 0.1) is 38.4 Å². The molecule has 1 aromatic rings. The highest BCUT2D eigenvalue weighted by Crippen LogP contribution is 2.35. The number of hydrogen-bond acceptors (Lipinski definition) is 5. The number of rotatable bonds is 4. The maximum absolute atomic E-state index is 13.2. The molecule has 0 radical (unpaired) electrons. The van der Waals surface area contributed by atoms with Crippen LogP contribution in [0, 0.1) is 5.92 Å². The van der Waals surface area contributed by atoms with Crippen molar-refractivity contribution in [1.29, 1.82) is 0 Å². The van der Waals surface area contributed by atoms with E-state index in [9.17, 15) is 9.59 Å². The molecule has 2 atom stereocenters. The molecule has 3 rings (SSSR count). The van der Waals surface area contributed by atoms with E-state index in [1.807, 2.05) is 31.7 Å². The van der Waals surface area contributed by atoms with Gasteiger partial charge in [-0.15, -0.1) is 0 Å². The lowest BCUT2D eigenvalue weighted by Gasteiger charge is -2.45. The van der Waals surface area contributed by atoms with Gasteiger partial charge in [-0.3, -0.25) is 9.59 Å². The molecule has 7 heteroatoms. The molecule has 0 aromatic heterocycles. The number of carbonyl (C=O) groups excluding carboxylic acids is 2. The molecule has 2 amide bonds. The SMILES string of the molecule is COc1ccc(N2CC(C(=O)N3CC(C)OCC3(C)C)CC2=O)cc1OC. The summed E-state index contributed by atoms with van der Waals surface area (Å²) in [5.74, 6) is 0.770. The Morgan fingerprint density at radius 2 is 1.89 bits per heavy atom. The molecular weight excluding hydrogens is 348 g/mol. The molecule has 7 nitrogen and oxygen atoms in total. The Morgan fingerprint density at radius 3 is 2.56 bits per heavy atom. The van der Waals surface area contributed by atoms with Crippen LogP contribution < -0.4 is 14.4 Å². The van der Waals surface area contributed by atoms with Crippen molar-refractivity contribution in [1.82, 2.24) is 4.90 Å². The number of anilines is 1. The lowest BCUT2D eigenvalue weighted by Crippen LogP contribution is -2.59. The van der Waals surface area contributed by atoms with E-state index in [1.165, 1.54) is 0 Å². The first kappa shape index (κ1) is 19.5. The molecule has 0 saturated carbocycles. The predicted molar refractivity (Wildman–Crippen MR) is 101 cm³/mol. The molecule has 0 N–H and O–H groups in total.